The number of amides is 1. The molecule has 2 heterocycles. The van der Waals surface area contributed by atoms with Crippen LogP contribution >= 0.6 is 22.9 Å². The van der Waals surface area contributed by atoms with Gasteiger partial charge in [0, 0.05) is 12.5 Å². The molecule has 0 aliphatic carbocycles. The normalized spacial score (nSPS) is 12.9. The van der Waals surface area contributed by atoms with Crippen LogP contribution in [0.1, 0.15) is 6.92 Å². The Kier molecular flexibility index (Phi) is 4.65. The highest BCUT2D eigenvalue weighted by Crippen LogP contribution is 2.33. The molecule has 0 saturated heterocycles. The van der Waals surface area contributed by atoms with E-state index in [1.807, 2.05) is 0 Å². The van der Waals surface area contributed by atoms with Crippen molar-refractivity contribution in [3.05, 3.63) is 34.8 Å². The van der Waals surface area contributed by atoms with Gasteiger partial charge < -0.3 is 5.32 Å². The highest BCUT2D eigenvalue weighted by Gasteiger charge is 2.24. The second kappa shape index (κ2) is 6.13. The molecule has 1 amide bonds. The Balaban J connectivity index is 2.32. The molecule has 21 heavy (non-hydrogen) atoms. The molecule has 0 unspecified atom stereocenters. The minimum Gasteiger partial charge on any atom is -0.323 e. The number of halogens is 1. The van der Waals surface area contributed by atoms with E-state index in [2.05, 4.69) is 10.3 Å². The minimum atomic E-state index is -3.45. The van der Waals surface area contributed by atoms with E-state index in [0.717, 1.165) is 11.1 Å². The second-order valence-electron chi connectivity index (χ2n) is 4.46. The van der Waals surface area contributed by atoms with Crippen LogP contribution in [-0.2, 0) is 14.6 Å². The number of nitrogens with one attached hydrogen (secondary N) is 1. The van der Waals surface area contributed by atoms with E-state index in [9.17, 15) is 13.2 Å². The van der Waals surface area contributed by atoms with E-state index in [0.29, 0.717) is 15.7 Å². The summed E-state index contributed by atoms with van der Waals surface area (Å²) < 4.78 is 23.5. The number of pyridine rings is 1. The van der Waals surface area contributed by atoms with E-state index in [1.165, 1.54) is 18.3 Å². The van der Waals surface area contributed by atoms with Gasteiger partial charge >= 0.3 is 0 Å². The summed E-state index contributed by atoms with van der Waals surface area (Å²) >= 11 is 7.23. The lowest BCUT2D eigenvalue weighted by Crippen LogP contribution is -2.32. The molecule has 0 bridgehead atoms. The average molecular weight is 345 g/mol. The van der Waals surface area contributed by atoms with Crippen molar-refractivity contribution in [2.75, 3.05) is 11.6 Å². The number of carbonyl (C=O) groups is 1. The molecule has 0 radical (unpaired) electrons. The third kappa shape index (κ3) is 3.81. The topological polar surface area (TPSA) is 76.1 Å². The van der Waals surface area contributed by atoms with Crippen LogP contribution in [0.15, 0.2) is 30.5 Å². The van der Waals surface area contributed by atoms with E-state index in [4.69, 9.17) is 11.6 Å². The van der Waals surface area contributed by atoms with Gasteiger partial charge in [0.2, 0.25) is 5.91 Å². The molecule has 112 valence electrons. The molecule has 8 heteroatoms. The van der Waals surface area contributed by atoms with Crippen molar-refractivity contribution in [3.63, 3.8) is 0 Å². The maximum atomic E-state index is 12.0. The SMILES string of the molecule is C[C@@H](C(=O)Nc1cccnc1-c1ccc(Cl)s1)S(C)(=O)=O. The fourth-order valence-electron chi connectivity index (χ4n) is 1.57. The van der Waals surface area contributed by atoms with Crippen molar-refractivity contribution in [1.29, 1.82) is 0 Å². The fraction of sp³-hybridized carbons (Fsp3) is 0.231. The van der Waals surface area contributed by atoms with Crippen LogP contribution in [0.2, 0.25) is 4.34 Å². The molecule has 0 spiro atoms. The molecular formula is C13H13ClN2O3S2. The summed E-state index contributed by atoms with van der Waals surface area (Å²) in [6, 6.07) is 6.87. The lowest BCUT2D eigenvalue weighted by Gasteiger charge is -2.12. The monoisotopic (exact) mass is 344 g/mol. The fourth-order valence-corrected chi connectivity index (χ4v) is 3.07. The smallest absolute Gasteiger partial charge is 0.242 e. The van der Waals surface area contributed by atoms with Crippen LogP contribution in [0, 0.1) is 0 Å². The van der Waals surface area contributed by atoms with E-state index in [-0.39, 0.29) is 0 Å². The maximum Gasteiger partial charge on any atom is 0.242 e. The molecule has 5 nitrogen and oxygen atoms in total. The van der Waals surface area contributed by atoms with Gasteiger partial charge in [0.25, 0.3) is 0 Å². The largest absolute Gasteiger partial charge is 0.323 e. The lowest BCUT2D eigenvalue weighted by atomic mass is 10.2. The molecular weight excluding hydrogens is 332 g/mol. The number of carbonyl (C=O) groups excluding carboxylic acids is 1. The van der Waals surface area contributed by atoms with Gasteiger partial charge in [0.15, 0.2) is 9.84 Å². The minimum absolute atomic E-state index is 0.455. The van der Waals surface area contributed by atoms with Gasteiger partial charge in [0.1, 0.15) is 10.9 Å². The van der Waals surface area contributed by atoms with Crippen LogP contribution < -0.4 is 5.32 Å². The third-order valence-electron chi connectivity index (χ3n) is 2.88. The first-order valence-corrected chi connectivity index (χ1v) is 9.14. The first kappa shape index (κ1) is 15.9. The van der Waals surface area contributed by atoms with Gasteiger partial charge in [-0.3, -0.25) is 9.78 Å². The standard InChI is InChI=1S/C13H13ClN2O3S2/c1-8(21(2,18)19)13(17)16-9-4-3-7-15-12(9)10-5-6-11(14)20-10/h3-8H,1-2H3,(H,16,17)/t8-/m0/s1. The number of sulfone groups is 1. The number of nitrogens with zero attached hydrogens (tertiary/aromatic N) is 1. The zero-order valence-corrected chi connectivity index (χ0v) is 13.7. The number of anilines is 1. The molecule has 2 aromatic rings. The molecule has 0 saturated carbocycles. The molecule has 0 aliphatic rings. The van der Waals surface area contributed by atoms with Crippen LogP contribution in [0.4, 0.5) is 5.69 Å². The number of rotatable bonds is 4. The van der Waals surface area contributed by atoms with Crippen LogP contribution in [0.5, 0.6) is 0 Å². The second-order valence-corrected chi connectivity index (χ2v) is 8.55. The number of hydrogen-bond acceptors (Lipinski definition) is 5. The molecule has 0 aromatic carbocycles. The summed E-state index contributed by atoms with van der Waals surface area (Å²) in [5, 5.41) is 1.48. The molecule has 0 aliphatic heterocycles. The number of aromatic nitrogens is 1. The zero-order valence-electron chi connectivity index (χ0n) is 11.3. The Bertz CT molecular complexity index is 771. The summed E-state index contributed by atoms with van der Waals surface area (Å²) in [6.07, 6.45) is 2.62. The van der Waals surface area contributed by atoms with Crippen molar-refractivity contribution in [2.24, 2.45) is 0 Å². The van der Waals surface area contributed by atoms with Gasteiger partial charge in [-0.2, -0.15) is 0 Å². The van der Waals surface area contributed by atoms with Gasteiger partial charge in [-0.1, -0.05) is 11.6 Å². The van der Waals surface area contributed by atoms with Crippen molar-refractivity contribution in [2.45, 2.75) is 12.2 Å². The Morgan fingerprint density at radius 3 is 2.67 bits per heavy atom. The van der Waals surface area contributed by atoms with E-state index < -0.39 is 21.0 Å². The van der Waals surface area contributed by atoms with Crippen molar-refractivity contribution >= 4 is 44.4 Å². The summed E-state index contributed by atoms with van der Waals surface area (Å²) in [7, 11) is -3.45. The first-order valence-electron chi connectivity index (χ1n) is 5.99. The third-order valence-corrected chi connectivity index (χ3v) is 5.62. The van der Waals surface area contributed by atoms with Gasteiger partial charge in [-0.25, -0.2) is 8.42 Å². The van der Waals surface area contributed by atoms with Crippen LogP contribution in [-0.4, -0.2) is 30.8 Å². The van der Waals surface area contributed by atoms with E-state index >= 15 is 0 Å². The Labute approximate surface area is 131 Å². The summed E-state index contributed by atoms with van der Waals surface area (Å²) in [5.41, 5.74) is 1.01. The van der Waals surface area contributed by atoms with E-state index in [1.54, 1.807) is 30.5 Å². The number of thiophene rings is 1. The molecule has 1 atom stereocenters. The predicted octanol–water partition coefficient (Wildman–Crippen LogP) is 2.84. The highest BCUT2D eigenvalue weighted by molar-refractivity contribution is 7.92. The molecule has 2 aromatic heterocycles. The van der Waals surface area contributed by atoms with Crippen molar-refractivity contribution in [1.82, 2.24) is 4.98 Å². The Morgan fingerprint density at radius 1 is 1.38 bits per heavy atom. The van der Waals surface area contributed by atoms with Crippen LogP contribution in [0.3, 0.4) is 0 Å². The van der Waals surface area contributed by atoms with Gasteiger partial charge in [-0.05, 0) is 31.2 Å². The van der Waals surface area contributed by atoms with Gasteiger partial charge in [-0.15, -0.1) is 11.3 Å². The van der Waals surface area contributed by atoms with Crippen molar-refractivity contribution < 1.29 is 13.2 Å². The quantitative estimate of drug-likeness (QED) is 0.925. The Hall–Kier alpha value is -1.44. The lowest BCUT2D eigenvalue weighted by molar-refractivity contribution is -0.115. The molecule has 2 rings (SSSR count). The number of hydrogen-bond donors (Lipinski definition) is 1. The highest BCUT2D eigenvalue weighted by atomic mass is 35.5. The average Bonchev–Trinajstić information content (AvgIpc) is 2.84. The molecule has 1 N–H and O–H groups in total. The predicted molar refractivity (Wildman–Crippen MR) is 85.5 cm³/mol. The Morgan fingerprint density at radius 2 is 2.10 bits per heavy atom. The summed E-state index contributed by atoms with van der Waals surface area (Å²) in [6.45, 7) is 1.35. The summed E-state index contributed by atoms with van der Waals surface area (Å²) in [4.78, 5) is 17.0. The zero-order chi connectivity index (χ0) is 15.6. The molecule has 0 fully saturated rings. The van der Waals surface area contributed by atoms with Crippen LogP contribution in [0.25, 0.3) is 10.6 Å². The first-order chi connectivity index (χ1) is 9.79. The maximum absolute atomic E-state index is 12.0. The summed E-state index contributed by atoms with van der Waals surface area (Å²) in [5.74, 6) is -0.589. The van der Waals surface area contributed by atoms with Gasteiger partial charge in [0.05, 0.1) is 14.9 Å². The van der Waals surface area contributed by atoms with Crippen molar-refractivity contribution in [3.8, 4) is 10.6 Å².